The molecule has 0 unspecified atom stereocenters. The molecule has 0 saturated heterocycles. The number of nitrogens with one attached hydrogen (secondary N) is 1. The van der Waals surface area contributed by atoms with E-state index in [1.165, 1.54) is 19.3 Å². The predicted molar refractivity (Wildman–Crippen MR) is 66.8 cm³/mol. The topological polar surface area (TPSA) is 67.5 Å². The maximum Gasteiger partial charge on any atom is 0.153 e. The third-order valence-electron chi connectivity index (χ3n) is 3.12. The lowest BCUT2D eigenvalue weighted by Crippen LogP contribution is -2.22. The van der Waals surface area contributed by atoms with Gasteiger partial charge in [-0.1, -0.05) is 25.3 Å². The van der Waals surface area contributed by atoms with Crippen LogP contribution in [0, 0.1) is 4.91 Å². The van der Waals surface area contributed by atoms with Gasteiger partial charge in [0.15, 0.2) is 5.69 Å². The first-order valence-corrected chi connectivity index (χ1v) is 5.79. The Kier molecular flexibility index (Phi) is 3.39. The number of hydrogen-bond acceptors (Lipinski definition) is 4. The van der Waals surface area contributed by atoms with E-state index in [1.807, 2.05) is 12.1 Å². The van der Waals surface area contributed by atoms with E-state index in [-0.39, 0.29) is 0 Å². The molecule has 0 aliphatic heterocycles. The van der Waals surface area contributed by atoms with Crippen LogP contribution in [0.2, 0.25) is 0 Å². The van der Waals surface area contributed by atoms with Crippen LogP contribution in [-0.2, 0) is 0 Å². The van der Waals surface area contributed by atoms with Crippen LogP contribution in [0.15, 0.2) is 23.4 Å². The summed E-state index contributed by atoms with van der Waals surface area (Å²) in [5.41, 5.74) is 7.25. The number of hydrogen-bond donors (Lipinski definition) is 2. The van der Waals surface area contributed by atoms with Crippen LogP contribution in [0.1, 0.15) is 32.1 Å². The molecule has 0 bridgehead atoms. The third kappa shape index (κ3) is 2.32. The zero-order valence-electron chi connectivity index (χ0n) is 9.28. The molecule has 1 aromatic carbocycles. The van der Waals surface area contributed by atoms with Crippen molar-refractivity contribution in [1.82, 2.24) is 0 Å². The van der Waals surface area contributed by atoms with E-state index in [1.54, 1.807) is 6.07 Å². The van der Waals surface area contributed by atoms with Crippen molar-refractivity contribution < 1.29 is 0 Å². The van der Waals surface area contributed by atoms with Crippen molar-refractivity contribution in [2.24, 2.45) is 5.18 Å². The summed E-state index contributed by atoms with van der Waals surface area (Å²) in [5, 5.41) is 6.37. The van der Waals surface area contributed by atoms with Crippen LogP contribution in [0.3, 0.4) is 0 Å². The highest BCUT2D eigenvalue weighted by molar-refractivity contribution is 5.78. The molecule has 4 heteroatoms. The van der Waals surface area contributed by atoms with Crippen LogP contribution >= 0.6 is 0 Å². The number of rotatable bonds is 3. The number of nitroso groups, excluding NO2 is 1. The van der Waals surface area contributed by atoms with Crippen molar-refractivity contribution in [2.45, 2.75) is 38.1 Å². The van der Waals surface area contributed by atoms with Crippen molar-refractivity contribution in [1.29, 1.82) is 0 Å². The molecule has 0 radical (unpaired) electrons. The molecule has 3 N–H and O–H groups in total. The van der Waals surface area contributed by atoms with Gasteiger partial charge in [-0.25, -0.2) is 0 Å². The van der Waals surface area contributed by atoms with E-state index in [4.69, 9.17) is 5.73 Å². The fourth-order valence-corrected chi connectivity index (χ4v) is 2.25. The zero-order chi connectivity index (χ0) is 11.4. The fraction of sp³-hybridized carbons (Fsp3) is 0.500. The average Bonchev–Trinajstić information content (AvgIpc) is 2.31. The monoisotopic (exact) mass is 219 g/mol. The van der Waals surface area contributed by atoms with E-state index in [9.17, 15) is 4.91 Å². The molecular weight excluding hydrogens is 202 g/mol. The highest BCUT2D eigenvalue weighted by atomic mass is 16.3. The van der Waals surface area contributed by atoms with Gasteiger partial charge in [0.1, 0.15) is 0 Å². The Balaban J connectivity index is 2.13. The van der Waals surface area contributed by atoms with Gasteiger partial charge in [-0.2, -0.15) is 0 Å². The summed E-state index contributed by atoms with van der Waals surface area (Å²) in [5.74, 6) is 0. The number of anilines is 2. The van der Waals surface area contributed by atoms with Gasteiger partial charge in [0.25, 0.3) is 0 Å². The number of benzene rings is 1. The smallest absolute Gasteiger partial charge is 0.153 e. The molecule has 16 heavy (non-hydrogen) atoms. The first-order chi connectivity index (χ1) is 7.81. The van der Waals surface area contributed by atoms with Crippen LogP contribution in [-0.4, -0.2) is 6.04 Å². The average molecular weight is 219 g/mol. The molecule has 0 heterocycles. The van der Waals surface area contributed by atoms with Crippen molar-refractivity contribution in [3.05, 3.63) is 23.1 Å². The Morgan fingerprint density at radius 3 is 2.69 bits per heavy atom. The van der Waals surface area contributed by atoms with Crippen molar-refractivity contribution in [3.8, 4) is 0 Å². The molecule has 0 spiro atoms. The molecule has 86 valence electrons. The Labute approximate surface area is 95.2 Å². The SMILES string of the molecule is Nc1cccc(NC2CCCCC2)c1N=O. The Hall–Kier alpha value is -1.58. The second-order valence-electron chi connectivity index (χ2n) is 4.31. The fourth-order valence-electron chi connectivity index (χ4n) is 2.25. The van der Waals surface area contributed by atoms with Crippen LogP contribution in [0.25, 0.3) is 0 Å². The van der Waals surface area contributed by atoms with Crippen molar-refractivity contribution in [3.63, 3.8) is 0 Å². The van der Waals surface area contributed by atoms with E-state index in [0.29, 0.717) is 17.4 Å². The van der Waals surface area contributed by atoms with Gasteiger partial charge in [-0.3, -0.25) is 0 Å². The lowest BCUT2D eigenvalue weighted by molar-refractivity contribution is 0.463. The molecule has 4 nitrogen and oxygen atoms in total. The summed E-state index contributed by atoms with van der Waals surface area (Å²) in [6.45, 7) is 0. The number of nitrogen functional groups attached to an aromatic ring is 1. The van der Waals surface area contributed by atoms with Gasteiger partial charge in [0.2, 0.25) is 0 Å². The standard InChI is InChI=1S/C12H17N3O/c13-10-7-4-8-11(12(10)15-16)14-9-5-2-1-3-6-9/h4,7-9,14H,1-3,5-6,13H2. The summed E-state index contributed by atoms with van der Waals surface area (Å²) in [6, 6.07) is 5.86. The van der Waals surface area contributed by atoms with E-state index in [2.05, 4.69) is 10.5 Å². The lowest BCUT2D eigenvalue weighted by atomic mass is 9.95. The van der Waals surface area contributed by atoms with E-state index in [0.717, 1.165) is 18.5 Å². The molecule has 1 aliphatic carbocycles. The maximum atomic E-state index is 10.7. The number of nitrogens with two attached hydrogens (primary N) is 1. The molecule has 1 aromatic rings. The van der Waals surface area contributed by atoms with Gasteiger partial charge in [0, 0.05) is 6.04 Å². The third-order valence-corrected chi connectivity index (χ3v) is 3.12. The number of nitrogens with zero attached hydrogens (tertiary/aromatic N) is 1. The normalized spacial score (nSPS) is 17.0. The highest BCUT2D eigenvalue weighted by Gasteiger charge is 2.15. The largest absolute Gasteiger partial charge is 0.397 e. The second kappa shape index (κ2) is 4.96. The van der Waals surface area contributed by atoms with Crippen LogP contribution in [0.5, 0.6) is 0 Å². The summed E-state index contributed by atoms with van der Waals surface area (Å²) in [6.07, 6.45) is 6.14. The van der Waals surface area contributed by atoms with E-state index < -0.39 is 0 Å². The lowest BCUT2D eigenvalue weighted by Gasteiger charge is -2.24. The molecule has 0 atom stereocenters. The molecular formula is C12H17N3O. The molecule has 0 aromatic heterocycles. The minimum atomic E-state index is 0.341. The highest BCUT2D eigenvalue weighted by Crippen LogP contribution is 2.33. The quantitative estimate of drug-likeness (QED) is 0.604. The van der Waals surface area contributed by atoms with Crippen molar-refractivity contribution in [2.75, 3.05) is 11.1 Å². The molecule has 1 saturated carbocycles. The Bertz CT molecular complexity index is 373. The Morgan fingerprint density at radius 2 is 2.00 bits per heavy atom. The first-order valence-electron chi connectivity index (χ1n) is 5.79. The van der Waals surface area contributed by atoms with Gasteiger partial charge >= 0.3 is 0 Å². The summed E-state index contributed by atoms with van der Waals surface area (Å²) in [4.78, 5) is 10.7. The minimum Gasteiger partial charge on any atom is -0.397 e. The van der Waals surface area contributed by atoms with E-state index >= 15 is 0 Å². The van der Waals surface area contributed by atoms with Gasteiger partial charge in [0.05, 0.1) is 11.4 Å². The summed E-state index contributed by atoms with van der Waals surface area (Å²) < 4.78 is 0. The van der Waals surface area contributed by atoms with Crippen LogP contribution in [0.4, 0.5) is 17.1 Å². The molecule has 2 rings (SSSR count). The van der Waals surface area contributed by atoms with Crippen molar-refractivity contribution >= 4 is 17.1 Å². The van der Waals surface area contributed by atoms with Gasteiger partial charge in [-0.15, -0.1) is 4.91 Å². The van der Waals surface area contributed by atoms with Crippen LogP contribution < -0.4 is 11.1 Å². The molecule has 1 aliphatic rings. The second-order valence-corrected chi connectivity index (χ2v) is 4.31. The Morgan fingerprint density at radius 1 is 1.25 bits per heavy atom. The zero-order valence-corrected chi connectivity index (χ0v) is 9.28. The van der Waals surface area contributed by atoms with Gasteiger partial charge < -0.3 is 11.1 Å². The first kappa shape index (κ1) is 10.9. The molecule has 1 fully saturated rings. The maximum absolute atomic E-state index is 10.7. The minimum absolute atomic E-state index is 0.341. The molecule has 0 amide bonds. The summed E-state index contributed by atoms with van der Waals surface area (Å²) in [7, 11) is 0. The predicted octanol–water partition coefficient (Wildman–Crippen LogP) is 3.41. The van der Waals surface area contributed by atoms with Gasteiger partial charge in [-0.05, 0) is 30.2 Å². The summed E-state index contributed by atoms with van der Waals surface area (Å²) >= 11 is 0.